The molecule has 2 aromatic rings. The first kappa shape index (κ1) is 16.0. The molecule has 1 aromatic heterocycles. The number of rotatable bonds is 6. The van der Waals surface area contributed by atoms with Gasteiger partial charge in [-0.1, -0.05) is 0 Å². The van der Waals surface area contributed by atoms with E-state index in [-0.39, 0.29) is 18.7 Å². The van der Waals surface area contributed by atoms with E-state index in [4.69, 9.17) is 9.47 Å². The van der Waals surface area contributed by atoms with E-state index in [1.54, 1.807) is 0 Å². The van der Waals surface area contributed by atoms with Gasteiger partial charge in [-0.15, -0.1) is 0 Å². The van der Waals surface area contributed by atoms with E-state index in [1.165, 1.54) is 0 Å². The van der Waals surface area contributed by atoms with Crippen molar-refractivity contribution >= 4 is 5.91 Å². The van der Waals surface area contributed by atoms with Gasteiger partial charge in [-0.3, -0.25) is 9.89 Å². The lowest BCUT2D eigenvalue weighted by Crippen LogP contribution is -2.39. The van der Waals surface area contributed by atoms with Gasteiger partial charge in [-0.25, -0.2) is 0 Å². The number of likely N-dealkylation sites (tertiary alicyclic amines) is 1. The average molecular weight is 342 g/mol. The summed E-state index contributed by atoms with van der Waals surface area (Å²) >= 11 is 0. The number of nitrogens with one attached hydrogen (secondary N) is 2. The first-order chi connectivity index (χ1) is 12.2. The van der Waals surface area contributed by atoms with Crippen molar-refractivity contribution in [3.8, 4) is 22.8 Å². The fourth-order valence-corrected chi connectivity index (χ4v) is 3.32. The number of carbonyl (C=O) groups excluding carboxylic acids is 1. The second kappa shape index (κ2) is 6.76. The average Bonchev–Trinajstić information content (AvgIpc) is 3.33. The van der Waals surface area contributed by atoms with Crippen molar-refractivity contribution in [2.75, 3.05) is 19.9 Å². The SMILES string of the molecule is CC(CN1CCCC1=O)NCc1cn[nH]c1-c1ccc2c(c1)OCO2. The molecule has 0 aliphatic carbocycles. The van der Waals surface area contributed by atoms with Crippen LogP contribution in [0.1, 0.15) is 25.3 Å². The number of aromatic nitrogens is 2. The van der Waals surface area contributed by atoms with Crippen LogP contribution in [0.15, 0.2) is 24.4 Å². The van der Waals surface area contributed by atoms with Crippen molar-refractivity contribution in [2.45, 2.75) is 32.4 Å². The summed E-state index contributed by atoms with van der Waals surface area (Å²) in [6.07, 6.45) is 3.49. The van der Waals surface area contributed by atoms with Crippen LogP contribution >= 0.6 is 0 Å². The molecule has 132 valence electrons. The smallest absolute Gasteiger partial charge is 0.231 e. The molecule has 0 radical (unpaired) electrons. The maximum atomic E-state index is 11.7. The van der Waals surface area contributed by atoms with Gasteiger partial charge in [0.2, 0.25) is 12.7 Å². The number of benzene rings is 1. The molecule has 0 spiro atoms. The maximum absolute atomic E-state index is 11.7. The highest BCUT2D eigenvalue weighted by molar-refractivity contribution is 5.78. The van der Waals surface area contributed by atoms with E-state index in [1.807, 2.05) is 29.3 Å². The number of amides is 1. The molecule has 7 heteroatoms. The van der Waals surface area contributed by atoms with Gasteiger partial charge in [-0.05, 0) is 31.5 Å². The van der Waals surface area contributed by atoms with E-state index in [0.717, 1.165) is 47.8 Å². The Morgan fingerprint density at radius 1 is 1.36 bits per heavy atom. The Morgan fingerprint density at radius 2 is 2.24 bits per heavy atom. The van der Waals surface area contributed by atoms with Crippen LogP contribution in [0.4, 0.5) is 0 Å². The molecule has 2 aliphatic rings. The molecule has 1 fully saturated rings. The van der Waals surface area contributed by atoms with Gasteiger partial charge in [0.1, 0.15) is 0 Å². The third-order valence-electron chi connectivity index (χ3n) is 4.69. The number of hydrogen-bond donors (Lipinski definition) is 2. The summed E-state index contributed by atoms with van der Waals surface area (Å²) in [5.74, 6) is 1.79. The predicted molar refractivity (Wildman–Crippen MR) is 92.3 cm³/mol. The fourth-order valence-electron chi connectivity index (χ4n) is 3.32. The molecule has 2 aliphatic heterocycles. The number of ether oxygens (including phenoxy) is 2. The number of nitrogens with zero attached hydrogens (tertiary/aromatic N) is 2. The highest BCUT2D eigenvalue weighted by Gasteiger charge is 2.22. The Morgan fingerprint density at radius 3 is 3.08 bits per heavy atom. The summed E-state index contributed by atoms with van der Waals surface area (Å²) in [6.45, 7) is 4.67. The zero-order chi connectivity index (χ0) is 17.2. The van der Waals surface area contributed by atoms with Crippen LogP contribution in [0, 0.1) is 0 Å². The Hall–Kier alpha value is -2.54. The number of hydrogen-bond acceptors (Lipinski definition) is 5. The lowest BCUT2D eigenvalue weighted by atomic mass is 10.1. The highest BCUT2D eigenvalue weighted by Crippen LogP contribution is 2.36. The number of aromatic amines is 1. The van der Waals surface area contributed by atoms with E-state index >= 15 is 0 Å². The third kappa shape index (κ3) is 3.32. The predicted octanol–water partition coefficient (Wildman–Crippen LogP) is 1.91. The lowest BCUT2D eigenvalue weighted by molar-refractivity contribution is -0.127. The van der Waals surface area contributed by atoms with Gasteiger partial charge in [-0.2, -0.15) is 5.10 Å². The molecular formula is C18H22N4O3. The van der Waals surface area contributed by atoms with E-state index in [9.17, 15) is 4.79 Å². The van der Waals surface area contributed by atoms with Crippen molar-refractivity contribution in [3.05, 3.63) is 30.0 Å². The summed E-state index contributed by atoms with van der Waals surface area (Å²) in [6, 6.07) is 6.10. The van der Waals surface area contributed by atoms with Gasteiger partial charge >= 0.3 is 0 Å². The van der Waals surface area contributed by atoms with Gasteiger partial charge in [0, 0.05) is 43.2 Å². The van der Waals surface area contributed by atoms with Crippen molar-refractivity contribution in [1.29, 1.82) is 0 Å². The maximum Gasteiger partial charge on any atom is 0.231 e. The van der Waals surface area contributed by atoms with Crippen LogP contribution < -0.4 is 14.8 Å². The summed E-state index contributed by atoms with van der Waals surface area (Å²) in [4.78, 5) is 13.7. The summed E-state index contributed by atoms with van der Waals surface area (Å²) in [5.41, 5.74) is 3.06. The minimum Gasteiger partial charge on any atom is -0.454 e. The first-order valence-corrected chi connectivity index (χ1v) is 8.64. The van der Waals surface area contributed by atoms with Crippen molar-refractivity contribution in [2.24, 2.45) is 0 Å². The van der Waals surface area contributed by atoms with Crippen molar-refractivity contribution < 1.29 is 14.3 Å². The second-order valence-electron chi connectivity index (χ2n) is 6.56. The zero-order valence-electron chi connectivity index (χ0n) is 14.2. The topological polar surface area (TPSA) is 79.5 Å². The van der Waals surface area contributed by atoms with Crippen LogP contribution in [-0.2, 0) is 11.3 Å². The molecule has 0 saturated carbocycles. The molecule has 1 unspecified atom stereocenters. The quantitative estimate of drug-likeness (QED) is 0.838. The molecular weight excluding hydrogens is 320 g/mol. The molecule has 0 bridgehead atoms. The lowest BCUT2D eigenvalue weighted by Gasteiger charge is -2.21. The molecule has 4 rings (SSSR count). The fraction of sp³-hybridized carbons (Fsp3) is 0.444. The standard InChI is InChI=1S/C18H22N4O3/c1-12(10-22-6-2-3-17(22)23)19-8-14-9-20-21-18(14)13-4-5-15-16(7-13)25-11-24-15/h4-5,7,9,12,19H,2-3,6,8,10-11H2,1H3,(H,20,21). The summed E-state index contributed by atoms with van der Waals surface area (Å²) in [7, 11) is 0. The van der Waals surface area contributed by atoms with Crippen molar-refractivity contribution in [1.82, 2.24) is 20.4 Å². The Bertz CT molecular complexity index is 773. The van der Waals surface area contributed by atoms with Gasteiger partial charge in [0.25, 0.3) is 0 Å². The van der Waals surface area contributed by atoms with Crippen LogP contribution in [0.5, 0.6) is 11.5 Å². The van der Waals surface area contributed by atoms with Crippen LogP contribution in [0.2, 0.25) is 0 Å². The van der Waals surface area contributed by atoms with Crippen LogP contribution in [0.3, 0.4) is 0 Å². The van der Waals surface area contributed by atoms with Gasteiger partial charge in [0.05, 0.1) is 11.9 Å². The van der Waals surface area contributed by atoms with Crippen LogP contribution in [0.25, 0.3) is 11.3 Å². The monoisotopic (exact) mass is 342 g/mol. The van der Waals surface area contributed by atoms with Crippen LogP contribution in [-0.4, -0.2) is 46.9 Å². The number of H-pyrrole nitrogens is 1. The highest BCUT2D eigenvalue weighted by atomic mass is 16.7. The molecule has 3 heterocycles. The summed E-state index contributed by atoms with van der Waals surface area (Å²) < 4.78 is 10.8. The molecule has 25 heavy (non-hydrogen) atoms. The molecule has 2 N–H and O–H groups in total. The minimum atomic E-state index is 0.224. The Balaban J connectivity index is 1.41. The van der Waals surface area contributed by atoms with Gasteiger partial charge < -0.3 is 19.7 Å². The number of fused-ring (bicyclic) bond motifs is 1. The molecule has 7 nitrogen and oxygen atoms in total. The molecule has 1 saturated heterocycles. The van der Waals surface area contributed by atoms with E-state index in [0.29, 0.717) is 13.0 Å². The molecule has 1 aromatic carbocycles. The second-order valence-corrected chi connectivity index (χ2v) is 6.56. The Labute approximate surface area is 146 Å². The number of carbonyl (C=O) groups is 1. The Kier molecular flexibility index (Phi) is 4.31. The summed E-state index contributed by atoms with van der Waals surface area (Å²) in [5, 5.41) is 10.7. The molecule has 1 atom stereocenters. The third-order valence-corrected chi connectivity index (χ3v) is 4.69. The first-order valence-electron chi connectivity index (χ1n) is 8.64. The minimum absolute atomic E-state index is 0.224. The zero-order valence-corrected chi connectivity index (χ0v) is 14.2. The van der Waals surface area contributed by atoms with E-state index in [2.05, 4.69) is 22.4 Å². The van der Waals surface area contributed by atoms with Crippen molar-refractivity contribution in [3.63, 3.8) is 0 Å². The van der Waals surface area contributed by atoms with Gasteiger partial charge in [0.15, 0.2) is 11.5 Å². The largest absolute Gasteiger partial charge is 0.454 e. The molecule has 1 amide bonds. The normalized spacial score (nSPS) is 17.3. The van der Waals surface area contributed by atoms with E-state index < -0.39 is 0 Å².